The molecule has 0 unspecified atom stereocenters. The first kappa shape index (κ1) is 18.1. The largest absolute Gasteiger partial charge is 0.394 e. The van der Waals surface area contributed by atoms with Gasteiger partial charge in [0.1, 0.15) is 24.4 Å². The van der Waals surface area contributed by atoms with Crippen molar-refractivity contribution in [3.05, 3.63) is 12.7 Å². The fraction of sp³-hybridized carbons (Fsp3) is 0.556. The average molecular weight is 251 g/mol. The Labute approximate surface area is 97.6 Å². The van der Waals surface area contributed by atoms with Crippen molar-refractivity contribution in [3.8, 4) is 0 Å². The standard InChI is InChI=1S/C6H12O6.C3H5NO/c7-1-3(9)5(11)6(12)4(10)2-8;1-2-3(4)5/h1,3-6,8-12H,2H2;2H,1H2,(H2,4,5)/t3-,4-,5+,6+;/m1./s1. The molecule has 100 valence electrons. The summed E-state index contributed by atoms with van der Waals surface area (Å²) in [5.41, 5.74) is 4.53. The highest BCUT2D eigenvalue weighted by molar-refractivity contribution is 5.84. The molecule has 0 spiro atoms. The third kappa shape index (κ3) is 8.48. The Bertz CT molecular complexity index is 245. The number of primary amides is 1. The molecule has 0 aliphatic carbocycles. The Hall–Kier alpha value is -1.32. The van der Waals surface area contributed by atoms with Gasteiger partial charge in [-0.25, -0.2) is 0 Å². The Morgan fingerprint density at radius 1 is 1.24 bits per heavy atom. The molecule has 0 saturated carbocycles. The third-order valence-electron chi connectivity index (χ3n) is 1.62. The number of aliphatic hydroxyl groups excluding tert-OH is 5. The quantitative estimate of drug-likeness (QED) is 0.209. The van der Waals surface area contributed by atoms with E-state index in [1.165, 1.54) is 0 Å². The highest BCUT2D eigenvalue weighted by atomic mass is 16.4. The van der Waals surface area contributed by atoms with E-state index in [1.54, 1.807) is 0 Å². The Balaban J connectivity index is 0. The molecule has 0 rings (SSSR count). The number of carbonyl (C=O) groups excluding carboxylic acids is 2. The van der Waals surface area contributed by atoms with Gasteiger partial charge in [0.2, 0.25) is 5.91 Å². The van der Waals surface area contributed by atoms with Gasteiger partial charge < -0.3 is 36.1 Å². The van der Waals surface area contributed by atoms with E-state index < -0.39 is 36.9 Å². The SMILES string of the molecule is C=CC(N)=O.O=C[C@@H](O)[C@H](O)[C@@H](O)[C@H](O)CO. The highest BCUT2D eigenvalue weighted by Crippen LogP contribution is 2.02. The molecule has 0 aliphatic rings. The fourth-order valence-corrected chi connectivity index (χ4v) is 0.618. The molecule has 0 saturated heterocycles. The minimum atomic E-state index is -1.79. The van der Waals surface area contributed by atoms with Crippen LogP contribution in [0.3, 0.4) is 0 Å². The van der Waals surface area contributed by atoms with Crippen LogP contribution in [0.15, 0.2) is 12.7 Å². The van der Waals surface area contributed by atoms with E-state index in [9.17, 15) is 9.59 Å². The number of aliphatic hydroxyl groups is 5. The second-order valence-electron chi connectivity index (χ2n) is 2.96. The lowest BCUT2D eigenvalue weighted by Gasteiger charge is -2.22. The van der Waals surface area contributed by atoms with Crippen LogP contribution in [0.2, 0.25) is 0 Å². The van der Waals surface area contributed by atoms with E-state index >= 15 is 0 Å². The first-order valence-corrected chi connectivity index (χ1v) is 4.52. The number of hydrogen-bond donors (Lipinski definition) is 6. The van der Waals surface area contributed by atoms with E-state index in [-0.39, 0.29) is 6.29 Å². The number of hydrogen-bond acceptors (Lipinski definition) is 7. The number of amides is 1. The minimum Gasteiger partial charge on any atom is -0.394 e. The highest BCUT2D eigenvalue weighted by Gasteiger charge is 2.29. The lowest BCUT2D eigenvalue weighted by atomic mass is 10.0. The maximum atomic E-state index is 9.90. The smallest absolute Gasteiger partial charge is 0.240 e. The maximum Gasteiger partial charge on any atom is 0.240 e. The van der Waals surface area contributed by atoms with Gasteiger partial charge in [0.05, 0.1) is 6.61 Å². The second-order valence-corrected chi connectivity index (χ2v) is 2.96. The van der Waals surface area contributed by atoms with Crippen molar-refractivity contribution < 1.29 is 35.1 Å². The van der Waals surface area contributed by atoms with E-state index in [4.69, 9.17) is 25.5 Å². The lowest BCUT2D eigenvalue weighted by Crippen LogP contribution is -2.46. The molecule has 0 aromatic rings. The summed E-state index contributed by atoms with van der Waals surface area (Å²) in [5, 5.41) is 43.5. The van der Waals surface area contributed by atoms with Gasteiger partial charge in [0.25, 0.3) is 0 Å². The van der Waals surface area contributed by atoms with E-state index in [2.05, 4.69) is 12.3 Å². The summed E-state index contributed by atoms with van der Waals surface area (Å²) in [6.45, 7) is 2.33. The molecule has 7 N–H and O–H groups in total. The topological polar surface area (TPSA) is 161 Å². The molecule has 17 heavy (non-hydrogen) atoms. The van der Waals surface area contributed by atoms with Crippen LogP contribution < -0.4 is 5.73 Å². The van der Waals surface area contributed by atoms with E-state index in [1.807, 2.05) is 0 Å². The molecular formula is C9H17NO7. The molecular weight excluding hydrogens is 234 g/mol. The molecule has 0 aromatic carbocycles. The average Bonchev–Trinajstić information content (AvgIpc) is 2.35. The lowest BCUT2D eigenvalue weighted by molar-refractivity contribution is -0.136. The van der Waals surface area contributed by atoms with Gasteiger partial charge in [0, 0.05) is 0 Å². The molecule has 0 aromatic heterocycles. The van der Waals surface area contributed by atoms with Crippen LogP contribution in [0.25, 0.3) is 0 Å². The fourth-order valence-electron chi connectivity index (χ4n) is 0.618. The minimum absolute atomic E-state index is 0.0258. The van der Waals surface area contributed by atoms with Gasteiger partial charge in [-0.1, -0.05) is 6.58 Å². The van der Waals surface area contributed by atoms with E-state index in [0.717, 1.165) is 6.08 Å². The summed E-state index contributed by atoms with van der Waals surface area (Å²) < 4.78 is 0. The van der Waals surface area contributed by atoms with Crippen LogP contribution in [0.1, 0.15) is 0 Å². The molecule has 0 aliphatic heterocycles. The first-order valence-electron chi connectivity index (χ1n) is 4.52. The van der Waals surface area contributed by atoms with Crippen molar-refractivity contribution in [1.29, 1.82) is 0 Å². The first-order chi connectivity index (χ1) is 7.81. The summed E-state index contributed by atoms with van der Waals surface area (Å²) in [6, 6.07) is 0. The molecule has 0 heterocycles. The van der Waals surface area contributed by atoms with Crippen LogP contribution >= 0.6 is 0 Å². The van der Waals surface area contributed by atoms with Crippen LogP contribution in [0, 0.1) is 0 Å². The van der Waals surface area contributed by atoms with Crippen LogP contribution in [-0.2, 0) is 9.59 Å². The zero-order valence-electron chi connectivity index (χ0n) is 9.01. The summed E-state index contributed by atoms with van der Waals surface area (Å²) in [7, 11) is 0. The van der Waals surface area contributed by atoms with Gasteiger partial charge >= 0.3 is 0 Å². The van der Waals surface area contributed by atoms with Crippen LogP contribution in [0.4, 0.5) is 0 Å². The zero-order valence-corrected chi connectivity index (χ0v) is 9.01. The van der Waals surface area contributed by atoms with Crippen molar-refractivity contribution in [2.75, 3.05) is 6.61 Å². The molecule has 4 atom stereocenters. The number of rotatable bonds is 6. The summed E-state index contributed by atoms with van der Waals surface area (Å²) in [5.74, 6) is -0.481. The predicted octanol–water partition coefficient (Wildman–Crippen LogP) is -3.72. The molecule has 0 fully saturated rings. The summed E-state index contributed by atoms with van der Waals surface area (Å²) in [6.07, 6.45) is -5.78. The Morgan fingerprint density at radius 3 is 1.88 bits per heavy atom. The predicted molar refractivity (Wildman–Crippen MR) is 56.6 cm³/mol. The molecule has 8 nitrogen and oxygen atoms in total. The number of nitrogens with two attached hydrogens (primary N) is 1. The van der Waals surface area contributed by atoms with Crippen LogP contribution in [-0.4, -0.2) is 68.7 Å². The Morgan fingerprint density at radius 2 is 1.65 bits per heavy atom. The molecule has 0 radical (unpaired) electrons. The van der Waals surface area contributed by atoms with Gasteiger partial charge in [-0.2, -0.15) is 0 Å². The van der Waals surface area contributed by atoms with Gasteiger partial charge in [0.15, 0.2) is 6.29 Å². The summed E-state index contributed by atoms with van der Waals surface area (Å²) in [4.78, 5) is 19.4. The van der Waals surface area contributed by atoms with E-state index in [0.29, 0.717) is 0 Å². The van der Waals surface area contributed by atoms with Crippen molar-refractivity contribution >= 4 is 12.2 Å². The third-order valence-corrected chi connectivity index (χ3v) is 1.62. The zero-order chi connectivity index (χ0) is 14.0. The maximum absolute atomic E-state index is 9.90. The monoisotopic (exact) mass is 251 g/mol. The number of aldehydes is 1. The summed E-state index contributed by atoms with van der Waals surface area (Å²) >= 11 is 0. The Kier molecular flexibility index (Phi) is 10.5. The second kappa shape index (κ2) is 9.87. The van der Waals surface area contributed by atoms with Gasteiger partial charge in [-0.3, -0.25) is 4.79 Å². The van der Waals surface area contributed by atoms with Gasteiger partial charge in [-0.05, 0) is 6.08 Å². The normalized spacial score (nSPS) is 16.8. The van der Waals surface area contributed by atoms with Crippen molar-refractivity contribution in [3.63, 3.8) is 0 Å². The number of carbonyl (C=O) groups is 2. The molecule has 1 amide bonds. The van der Waals surface area contributed by atoms with Crippen molar-refractivity contribution in [2.45, 2.75) is 24.4 Å². The molecule has 0 bridgehead atoms. The van der Waals surface area contributed by atoms with Crippen molar-refractivity contribution in [2.24, 2.45) is 5.73 Å². The molecule has 8 heteroatoms. The van der Waals surface area contributed by atoms with Gasteiger partial charge in [-0.15, -0.1) is 0 Å². The van der Waals surface area contributed by atoms with Crippen LogP contribution in [0.5, 0.6) is 0 Å². The van der Waals surface area contributed by atoms with Crippen molar-refractivity contribution in [1.82, 2.24) is 0 Å².